The quantitative estimate of drug-likeness (QED) is 0.878. The van der Waals surface area contributed by atoms with Crippen LogP contribution in [0.3, 0.4) is 0 Å². The van der Waals surface area contributed by atoms with Crippen LogP contribution in [0.15, 0.2) is 37.0 Å². The number of hydrogen-bond donors (Lipinski definition) is 1. The first-order valence-corrected chi connectivity index (χ1v) is 5.14. The van der Waals surface area contributed by atoms with Crippen LogP contribution in [0.2, 0.25) is 0 Å². The average molecular weight is 228 g/mol. The van der Waals surface area contributed by atoms with Crippen LogP contribution in [-0.2, 0) is 0 Å². The summed E-state index contributed by atoms with van der Waals surface area (Å²) >= 11 is 0. The Labute approximate surface area is 98.8 Å². The van der Waals surface area contributed by atoms with Gasteiger partial charge in [0.2, 0.25) is 0 Å². The second kappa shape index (κ2) is 4.25. The summed E-state index contributed by atoms with van der Waals surface area (Å²) in [4.78, 5) is 10.9. The first-order valence-electron chi connectivity index (χ1n) is 5.14. The van der Waals surface area contributed by atoms with Gasteiger partial charge in [0.25, 0.3) is 0 Å². The fourth-order valence-electron chi connectivity index (χ4n) is 1.63. The van der Waals surface area contributed by atoms with Crippen LogP contribution < -0.4 is 0 Å². The van der Waals surface area contributed by atoms with Gasteiger partial charge in [-0.25, -0.2) is 9.48 Å². The molecule has 17 heavy (non-hydrogen) atoms. The number of carbonyl (C=O) groups is 1. The van der Waals surface area contributed by atoms with E-state index in [1.165, 1.54) is 6.20 Å². The largest absolute Gasteiger partial charge is 0.478 e. The molecule has 0 amide bonds. The molecule has 86 valence electrons. The van der Waals surface area contributed by atoms with Crippen molar-refractivity contribution in [2.45, 2.75) is 6.92 Å². The van der Waals surface area contributed by atoms with Crippen LogP contribution in [0.5, 0.6) is 0 Å². The van der Waals surface area contributed by atoms with Crippen LogP contribution in [0.1, 0.15) is 21.6 Å². The number of benzene rings is 1. The van der Waals surface area contributed by atoms with Crippen molar-refractivity contribution in [1.82, 2.24) is 9.78 Å². The fraction of sp³-hybridized carbons (Fsp3) is 0.0769. The molecule has 4 nitrogen and oxygen atoms in total. The fourth-order valence-corrected chi connectivity index (χ4v) is 1.63. The number of aromatic nitrogens is 2. The molecule has 2 aromatic rings. The van der Waals surface area contributed by atoms with Gasteiger partial charge >= 0.3 is 5.97 Å². The first kappa shape index (κ1) is 11.1. The number of carboxylic acid groups (broad SMARTS) is 1. The van der Waals surface area contributed by atoms with Crippen molar-refractivity contribution in [1.29, 1.82) is 0 Å². The molecule has 0 aliphatic carbocycles. The Morgan fingerprint density at radius 1 is 1.41 bits per heavy atom. The molecule has 1 aromatic carbocycles. The van der Waals surface area contributed by atoms with Gasteiger partial charge in [-0.05, 0) is 24.6 Å². The third-order valence-corrected chi connectivity index (χ3v) is 2.61. The number of nitrogens with zero attached hydrogens (tertiary/aromatic N) is 2. The number of aromatic carboxylic acids is 1. The van der Waals surface area contributed by atoms with Crippen LogP contribution in [-0.4, -0.2) is 20.9 Å². The average Bonchev–Trinajstić information content (AvgIpc) is 2.71. The van der Waals surface area contributed by atoms with E-state index in [1.54, 1.807) is 17.7 Å². The molecule has 1 aromatic heterocycles. The van der Waals surface area contributed by atoms with E-state index in [0.29, 0.717) is 5.69 Å². The van der Waals surface area contributed by atoms with Crippen molar-refractivity contribution in [2.24, 2.45) is 0 Å². The van der Waals surface area contributed by atoms with Crippen LogP contribution in [0.25, 0.3) is 11.8 Å². The van der Waals surface area contributed by atoms with Crippen molar-refractivity contribution < 1.29 is 9.90 Å². The molecule has 1 N–H and O–H groups in total. The topological polar surface area (TPSA) is 55.1 Å². The highest BCUT2D eigenvalue weighted by Gasteiger charge is 2.13. The van der Waals surface area contributed by atoms with E-state index >= 15 is 0 Å². The lowest BCUT2D eigenvalue weighted by atomic mass is 10.2. The zero-order chi connectivity index (χ0) is 12.4. The molecule has 0 saturated carbocycles. The Kier molecular flexibility index (Phi) is 2.78. The standard InChI is InChI=1S/C13H12N2O2/c1-3-10-4-6-11(7-5-10)15-9(2)12(8-14-15)13(16)17/h3-8H,1H2,2H3,(H,16,17). The molecule has 0 radical (unpaired) electrons. The maximum Gasteiger partial charge on any atom is 0.339 e. The Hall–Kier alpha value is -2.36. The summed E-state index contributed by atoms with van der Waals surface area (Å²) in [6.07, 6.45) is 3.11. The Balaban J connectivity index is 2.46. The zero-order valence-corrected chi connectivity index (χ0v) is 9.42. The molecular formula is C13H12N2O2. The van der Waals surface area contributed by atoms with Gasteiger partial charge in [-0.3, -0.25) is 0 Å². The smallest absolute Gasteiger partial charge is 0.339 e. The predicted molar refractivity (Wildman–Crippen MR) is 65.4 cm³/mol. The lowest BCUT2D eigenvalue weighted by Gasteiger charge is -2.04. The molecule has 0 unspecified atom stereocenters. The van der Waals surface area contributed by atoms with Gasteiger partial charge in [-0.15, -0.1) is 0 Å². The SMILES string of the molecule is C=Cc1ccc(-n2ncc(C(=O)O)c2C)cc1. The molecule has 0 aliphatic rings. The molecule has 0 atom stereocenters. The number of rotatable bonds is 3. The number of carboxylic acids is 1. The van der Waals surface area contributed by atoms with Crippen LogP contribution in [0, 0.1) is 6.92 Å². The lowest BCUT2D eigenvalue weighted by Crippen LogP contribution is -2.02. The third kappa shape index (κ3) is 1.97. The molecule has 0 saturated heterocycles. The van der Waals surface area contributed by atoms with Crippen LogP contribution in [0.4, 0.5) is 0 Å². The van der Waals surface area contributed by atoms with Crippen molar-refractivity contribution in [3.63, 3.8) is 0 Å². The van der Waals surface area contributed by atoms with E-state index < -0.39 is 5.97 Å². The van der Waals surface area contributed by atoms with E-state index in [-0.39, 0.29) is 5.56 Å². The molecule has 2 rings (SSSR count). The minimum Gasteiger partial charge on any atom is -0.478 e. The summed E-state index contributed by atoms with van der Waals surface area (Å²) in [5.41, 5.74) is 2.68. The first-order chi connectivity index (χ1) is 8.13. The van der Waals surface area contributed by atoms with Crippen molar-refractivity contribution in [3.8, 4) is 5.69 Å². The van der Waals surface area contributed by atoms with Gasteiger partial charge < -0.3 is 5.11 Å². The Morgan fingerprint density at radius 2 is 2.06 bits per heavy atom. The zero-order valence-electron chi connectivity index (χ0n) is 9.42. The van der Waals surface area contributed by atoms with E-state index in [1.807, 2.05) is 24.3 Å². The van der Waals surface area contributed by atoms with Gasteiger partial charge in [0.05, 0.1) is 17.6 Å². The normalized spacial score (nSPS) is 10.2. The summed E-state index contributed by atoms with van der Waals surface area (Å²) in [5, 5.41) is 13.0. The highest BCUT2D eigenvalue weighted by atomic mass is 16.4. The van der Waals surface area contributed by atoms with Crippen molar-refractivity contribution in [3.05, 3.63) is 53.9 Å². The second-order valence-corrected chi connectivity index (χ2v) is 3.66. The monoisotopic (exact) mass is 228 g/mol. The van der Waals surface area contributed by atoms with E-state index in [9.17, 15) is 4.79 Å². The minimum absolute atomic E-state index is 0.220. The lowest BCUT2D eigenvalue weighted by molar-refractivity contribution is 0.0696. The predicted octanol–water partition coefficient (Wildman–Crippen LogP) is 2.52. The summed E-state index contributed by atoms with van der Waals surface area (Å²) in [6, 6.07) is 7.57. The molecular weight excluding hydrogens is 216 g/mol. The molecule has 0 bridgehead atoms. The van der Waals surface area contributed by atoms with E-state index in [0.717, 1.165) is 11.3 Å². The van der Waals surface area contributed by atoms with E-state index in [4.69, 9.17) is 5.11 Å². The molecule has 0 aliphatic heterocycles. The Morgan fingerprint density at radius 3 is 2.53 bits per heavy atom. The molecule has 0 spiro atoms. The van der Waals surface area contributed by atoms with E-state index in [2.05, 4.69) is 11.7 Å². The highest BCUT2D eigenvalue weighted by Crippen LogP contribution is 2.15. The van der Waals surface area contributed by atoms with Gasteiger partial charge in [0, 0.05) is 0 Å². The van der Waals surface area contributed by atoms with Crippen molar-refractivity contribution >= 4 is 12.0 Å². The van der Waals surface area contributed by atoms with Gasteiger partial charge in [-0.2, -0.15) is 5.10 Å². The summed E-state index contributed by atoms with van der Waals surface area (Å²) < 4.78 is 1.61. The highest BCUT2D eigenvalue weighted by molar-refractivity contribution is 5.88. The maximum atomic E-state index is 10.9. The molecule has 1 heterocycles. The summed E-state index contributed by atoms with van der Waals surface area (Å²) in [7, 11) is 0. The van der Waals surface area contributed by atoms with Gasteiger partial charge in [-0.1, -0.05) is 24.8 Å². The van der Waals surface area contributed by atoms with Crippen molar-refractivity contribution in [2.75, 3.05) is 0 Å². The van der Waals surface area contributed by atoms with Gasteiger partial charge in [0.1, 0.15) is 5.56 Å². The van der Waals surface area contributed by atoms with Gasteiger partial charge in [0.15, 0.2) is 0 Å². The number of hydrogen-bond acceptors (Lipinski definition) is 2. The minimum atomic E-state index is -0.962. The summed E-state index contributed by atoms with van der Waals surface area (Å²) in [6.45, 7) is 5.41. The Bertz CT molecular complexity index is 568. The second-order valence-electron chi connectivity index (χ2n) is 3.66. The summed E-state index contributed by atoms with van der Waals surface area (Å²) in [5.74, 6) is -0.962. The van der Waals surface area contributed by atoms with Crippen LogP contribution >= 0.6 is 0 Å². The maximum absolute atomic E-state index is 10.9. The third-order valence-electron chi connectivity index (χ3n) is 2.61. The molecule has 4 heteroatoms. The molecule has 0 fully saturated rings.